The zero-order chi connectivity index (χ0) is 18.9. The molecule has 2 atom stereocenters. The van der Waals surface area contributed by atoms with E-state index in [9.17, 15) is 9.90 Å². The summed E-state index contributed by atoms with van der Waals surface area (Å²) in [6.45, 7) is 18.2. The van der Waals surface area contributed by atoms with Gasteiger partial charge in [0.2, 0.25) is 22.4 Å². The Morgan fingerprint density at radius 1 is 0.958 bits per heavy atom. The highest BCUT2D eigenvalue weighted by molar-refractivity contribution is 6.71. The number of rotatable bonds is 8. The van der Waals surface area contributed by atoms with Crippen LogP contribution in [0.15, 0.2) is 11.5 Å². The summed E-state index contributed by atoms with van der Waals surface area (Å²) in [5.41, 5.74) is 0. The maximum atomic E-state index is 12.3. The molecule has 24 heavy (non-hydrogen) atoms. The van der Waals surface area contributed by atoms with Gasteiger partial charge in [0.15, 0.2) is 20.2 Å². The quantitative estimate of drug-likeness (QED) is 0.505. The van der Waals surface area contributed by atoms with E-state index in [-0.39, 0.29) is 12.4 Å². The molecule has 0 aliphatic carbocycles. The summed E-state index contributed by atoms with van der Waals surface area (Å²) in [4.78, 5) is 12.3. The highest BCUT2D eigenvalue weighted by Gasteiger charge is 2.45. The summed E-state index contributed by atoms with van der Waals surface area (Å²) in [6, 6.07) is 0. The molecule has 0 aromatic carbocycles. The average Bonchev–Trinajstić information content (AvgIpc) is 2.60. The molecule has 1 heterocycles. The second kappa shape index (κ2) is 7.32. The van der Waals surface area contributed by atoms with E-state index in [0.717, 1.165) is 0 Å². The Morgan fingerprint density at radius 2 is 1.46 bits per heavy atom. The van der Waals surface area contributed by atoms with Gasteiger partial charge in [-0.1, -0.05) is 0 Å². The Kier molecular flexibility index (Phi) is 6.54. The van der Waals surface area contributed by atoms with Crippen LogP contribution >= 0.6 is 0 Å². The summed E-state index contributed by atoms with van der Waals surface area (Å²) in [6.07, 6.45) is -1.85. The van der Waals surface area contributed by atoms with Gasteiger partial charge in [-0.05, 0) is 58.9 Å². The van der Waals surface area contributed by atoms with E-state index >= 15 is 0 Å². The molecule has 1 rings (SSSR count). The van der Waals surface area contributed by atoms with Crippen molar-refractivity contribution in [1.82, 2.24) is 0 Å². The Labute approximate surface area is 148 Å². The van der Waals surface area contributed by atoms with Crippen molar-refractivity contribution in [3.05, 3.63) is 11.5 Å². The highest BCUT2D eigenvalue weighted by atomic mass is 28.4. The fourth-order valence-corrected chi connectivity index (χ4v) is 4.30. The topological polar surface area (TPSA) is 74.2 Å². The van der Waals surface area contributed by atoms with Crippen molar-refractivity contribution in [2.75, 3.05) is 6.61 Å². The van der Waals surface area contributed by atoms with E-state index in [1.165, 1.54) is 0 Å². The van der Waals surface area contributed by atoms with E-state index in [1.807, 2.05) is 58.9 Å². The highest BCUT2D eigenvalue weighted by Crippen LogP contribution is 2.32. The molecule has 0 amide bonds. The van der Waals surface area contributed by atoms with Crippen LogP contribution < -0.4 is 0 Å². The van der Waals surface area contributed by atoms with E-state index in [2.05, 4.69) is 0 Å². The second-order valence-electron chi connectivity index (χ2n) is 8.94. The SMILES string of the molecule is C[Si](C)(C)OCC(O)C1OC(=O)C(O[Si](C)(C)C)=C1O[Si](C)(C)C. The minimum absolute atomic E-state index is 0.104. The van der Waals surface area contributed by atoms with Gasteiger partial charge in [-0.3, -0.25) is 0 Å². The first-order chi connectivity index (χ1) is 10.6. The Balaban J connectivity index is 3.08. The molecule has 9 heteroatoms. The maximum Gasteiger partial charge on any atom is 0.376 e. The summed E-state index contributed by atoms with van der Waals surface area (Å²) >= 11 is 0. The molecule has 0 saturated heterocycles. The average molecular weight is 393 g/mol. The third-order valence-corrected chi connectivity index (χ3v) is 5.44. The van der Waals surface area contributed by atoms with Gasteiger partial charge >= 0.3 is 5.97 Å². The van der Waals surface area contributed by atoms with Gasteiger partial charge in [0, 0.05) is 0 Å². The summed E-state index contributed by atoms with van der Waals surface area (Å²) in [7, 11) is -5.82. The number of cyclic esters (lactones) is 1. The Hall–Kier alpha value is -0.619. The van der Waals surface area contributed by atoms with Crippen molar-refractivity contribution in [2.24, 2.45) is 0 Å². The number of aliphatic hydroxyl groups excluding tert-OH is 1. The van der Waals surface area contributed by atoms with Gasteiger partial charge < -0.3 is 23.1 Å². The van der Waals surface area contributed by atoms with Crippen molar-refractivity contribution >= 4 is 30.9 Å². The van der Waals surface area contributed by atoms with Gasteiger partial charge in [0.25, 0.3) is 0 Å². The van der Waals surface area contributed by atoms with Gasteiger partial charge in [0.05, 0.1) is 6.61 Å². The van der Waals surface area contributed by atoms with Crippen molar-refractivity contribution in [3.8, 4) is 0 Å². The van der Waals surface area contributed by atoms with Gasteiger partial charge in [-0.15, -0.1) is 0 Å². The maximum absolute atomic E-state index is 12.3. The molecule has 0 saturated carbocycles. The molecule has 0 spiro atoms. The fraction of sp³-hybridized carbons (Fsp3) is 0.800. The number of hydrogen-bond acceptors (Lipinski definition) is 6. The lowest BCUT2D eigenvalue weighted by molar-refractivity contribution is -0.147. The Bertz CT molecular complexity index is 499. The summed E-state index contributed by atoms with van der Waals surface area (Å²) < 4.78 is 23.1. The van der Waals surface area contributed by atoms with Crippen molar-refractivity contribution < 1.29 is 27.9 Å². The van der Waals surface area contributed by atoms with E-state index in [1.54, 1.807) is 0 Å². The largest absolute Gasteiger partial charge is 0.542 e. The third-order valence-electron chi connectivity index (χ3n) is 2.76. The first-order valence-electron chi connectivity index (χ1n) is 8.24. The number of ether oxygens (including phenoxy) is 1. The van der Waals surface area contributed by atoms with Gasteiger partial charge in [-0.25, -0.2) is 4.79 Å². The lowest BCUT2D eigenvalue weighted by atomic mass is 10.2. The smallest absolute Gasteiger partial charge is 0.376 e. The number of esters is 1. The standard InChI is InChI=1S/C15H32O6Si3/c1-22(2,3)18-10-11(16)12-13(20-23(4,5)6)14(15(17)19-12)21-24(7,8)9/h11-12,16H,10H2,1-9H3. The lowest BCUT2D eigenvalue weighted by Gasteiger charge is -2.28. The van der Waals surface area contributed by atoms with Crippen LogP contribution in [0.25, 0.3) is 0 Å². The first kappa shape index (κ1) is 21.4. The molecular formula is C15H32O6Si3. The molecule has 1 N–H and O–H groups in total. The molecule has 0 aromatic heterocycles. The minimum Gasteiger partial charge on any atom is -0.542 e. The van der Waals surface area contributed by atoms with Crippen LogP contribution in [0.4, 0.5) is 0 Å². The van der Waals surface area contributed by atoms with E-state index < -0.39 is 43.1 Å². The first-order valence-corrected chi connectivity index (χ1v) is 18.5. The minimum atomic E-state index is -2.02. The van der Waals surface area contributed by atoms with Crippen molar-refractivity contribution in [2.45, 2.75) is 71.1 Å². The lowest BCUT2D eigenvalue weighted by Crippen LogP contribution is -2.40. The number of hydrogen-bond donors (Lipinski definition) is 1. The van der Waals surface area contributed by atoms with Crippen LogP contribution in [0, 0.1) is 0 Å². The summed E-state index contributed by atoms with van der Waals surface area (Å²) in [5.74, 6) is -0.121. The predicted molar refractivity (Wildman–Crippen MR) is 101 cm³/mol. The van der Waals surface area contributed by atoms with Gasteiger partial charge in [-0.2, -0.15) is 0 Å². The normalized spacial score (nSPS) is 20.9. The van der Waals surface area contributed by atoms with Crippen LogP contribution in [0.1, 0.15) is 0 Å². The molecule has 0 radical (unpaired) electrons. The zero-order valence-electron chi connectivity index (χ0n) is 16.4. The van der Waals surface area contributed by atoms with E-state index in [0.29, 0.717) is 5.76 Å². The monoisotopic (exact) mass is 392 g/mol. The van der Waals surface area contributed by atoms with Crippen LogP contribution in [-0.2, 0) is 22.8 Å². The number of carbonyl (C=O) groups is 1. The third kappa shape index (κ3) is 7.09. The molecule has 6 nitrogen and oxygen atoms in total. The molecular weight excluding hydrogens is 360 g/mol. The fourth-order valence-electron chi connectivity index (χ4n) is 1.96. The van der Waals surface area contributed by atoms with E-state index in [4.69, 9.17) is 18.0 Å². The van der Waals surface area contributed by atoms with Crippen LogP contribution in [0.3, 0.4) is 0 Å². The van der Waals surface area contributed by atoms with Gasteiger partial charge in [0.1, 0.15) is 6.10 Å². The van der Waals surface area contributed by atoms with Crippen LogP contribution in [0.5, 0.6) is 0 Å². The van der Waals surface area contributed by atoms with Crippen molar-refractivity contribution in [1.29, 1.82) is 0 Å². The second-order valence-corrected chi connectivity index (χ2v) is 22.3. The number of carbonyl (C=O) groups excluding carboxylic acids is 1. The molecule has 1 aliphatic heterocycles. The molecule has 140 valence electrons. The molecule has 0 bridgehead atoms. The summed E-state index contributed by atoms with van der Waals surface area (Å²) in [5, 5.41) is 10.5. The molecule has 2 unspecified atom stereocenters. The molecule has 0 fully saturated rings. The van der Waals surface area contributed by atoms with Crippen LogP contribution in [-0.4, -0.2) is 54.8 Å². The molecule has 0 aromatic rings. The van der Waals surface area contributed by atoms with Crippen LogP contribution in [0.2, 0.25) is 58.9 Å². The Morgan fingerprint density at radius 3 is 1.88 bits per heavy atom. The van der Waals surface area contributed by atoms with Crippen molar-refractivity contribution in [3.63, 3.8) is 0 Å². The predicted octanol–water partition coefficient (Wildman–Crippen LogP) is 3.04. The molecule has 1 aliphatic rings. The zero-order valence-corrected chi connectivity index (χ0v) is 19.4. The number of aliphatic hydroxyl groups is 1.